The standard InChI is InChI=1S/C11H18BrN3/c1-3-9-10(12)11(14-15(9)2)8-4-6-13-7-5-8/h8,13H,3-7H2,1-2H3. The van der Waals surface area contributed by atoms with E-state index in [1.165, 1.54) is 28.7 Å². The predicted octanol–water partition coefficient (Wildman–Crippen LogP) is 2.21. The first kappa shape index (κ1) is 11.1. The van der Waals surface area contributed by atoms with Gasteiger partial charge in [0.15, 0.2) is 0 Å². The summed E-state index contributed by atoms with van der Waals surface area (Å²) in [6.45, 7) is 4.41. The number of nitrogens with one attached hydrogen (secondary N) is 1. The zero-order valence-electron chi connectivity index (χ0n) is 9.39. The summed E-state index contributed by atoms with van der Waals surface area (Å²) in [6, 6.07) is 0. The van der Waals surface area contributed by atoms with E-state index >= 15 is 0 Å². The number of aromatic nitrogens is 2. The van der Waals surface area contributed by atoms with Gasteiger partial charge in [-0.15, -0.1) is 0 Å². The van der Waals surface area contributed by atoms with Crippen molar-refractivity contribution in [2.24, 2.45) is 7.05 Å². The second-order valence-electron chi connectivity index (χ2n) is 4.15. The molecule has 0 aliphatic carbocycles. The number of rotatable bonds is 2. The molecule has 1 aromatic heterocycles. The summed E-state index contributed by atoms with van der Waals surface area (Å²) in [4.78, 5) is 0. The van der Waals surface area contributed by atoms with Gasteiger partial charge in [-0.05, 0) is 48.3 Å². The summed E-state index contributed by atoms with van der Waals surface area (Å²) < 4.78 is 3.25. The number of halogens is 1. The van der Waals surface area contributed by atoms with Crippen molar-refractivity contribution in [2.45, 2.75) is 32.1 Å². The van der Waals surface area contributed by atoms with Crippen LogP contribution in [0.1, 0.15) is 37.1 Å². The van der Waals surface area contributed by atoms with E-state index in [1.54, 1.807) is 0 Å². The molecule has 2 rings (SSSR count). The van der Waals surface area contributed by atoms with Crippen molar-refractivity contribution in [3.05, 3.63) is 15.9 Å². The highest BCUT2D eigenvalue weighted by atomic mass is 79.9. The molecule has 2 heterocycles. The van der Waals surface area contributed by atoms with Crippen molar-refractivity contribution in [3.63, 3.8) is 0 Å². The number of hydrogen-bond acceptors (Lipinski definition) is 2. The Balaban J connectivity index is 2.27. The van der Waals surface area contributed by atoms with Crippen LogP contribution in [0.25, 0.3) is 0 Å². The van der Waals surface area contributed by atoms with Crippen LogP contribution >= 0.6 is 15.9 Å². The summed E-state index contributed by atoms with van der Waals surface area (Å²) in [6.07, 6.45) is 3.45. The molecule has 3 nitrogen and oxygen atoms in total. The lowest BCUT2D eigenvalue weighted by Crippen LogP contribution is -2.27. The molecule has 15 heavy (non-hydrogen) atoms. The van der Waals surface area contributed by atoms with Gasteiger partial charge in [0.25, 0.3) is 0 Å². The molecule has 0 unspecified atom stereocenters. The minimum atomic E-state index is 0.632. The van der Waals surface area contributed by atoms with Crippen molar-refractivity contribution >= 4 is 15.9 Å². The molecule has 0 aromatic carbocycles. The molecule has 0 bridgehead atoms. The molecule has 1 aromatic rings. The molecule has 1 saturated heterocycles. The molecule has 4 heteroatoms. The smallest absolute Gasteiger partial charge is 0.0801 e. The summed E-state index contributed by atoms with van der Waals surface area (Å²) >= 11 is 3.69. The third-order valence-electron chi connectivity index (χ3n) is 3.19. The Morgan fingerprint density at radius 1 is 1.47 bits per heavy atom. The number of nitrogens with zero attached hydrogens (tertiary/aromatic N) is 2. The van der Waals surface area contributed by atoms with Crippen molar-refractivity contribution < 1.29 is 0 Å². The van der Waals surface area contributed by atoms with E-state index in [9.17, 15) is 0 Å². The first-order valence-corrected chi connectivity index (χ1v) is 6.45. The van der Waals surface area contributed by atoms with Gasteiger partial charge in [-0.1, -0.05) is 6.92 Å². The lowest BCUT2D eigenvalue weighted by atomic mass is 9.94. The average molecular weight is 272 g/mol. The Morgan fingerprint density at radius 2 is 2.13 bits per heavy atom. The highest BCUT2D eigenvalue weighted by molar-refractivity contribution is 9.10. The molecule has 1 aliphatic rings. The zero-order chi connectivity index (χ0) is 10.8. The second kappa shape index (κ2) is 4.66. The Morgan fingerprint density at radius 3 is 2.67 bits per heavy atom. The molecule has 0 amide bonds. The van der Waals surface area contributed by atoms with Crippen molar-refractivity contribution in [2.75, 3.05) is 13.1 Å². The van der Waals surface area contributed by atoms with E-state index in [0.29, 0.717) is 5.92 Å². The summed E-state index contributed by atoms with van der Waals surface area (Å²) in [7, 11) is 2.04. The fourth-order valence-corrected chi connectivity index (χ4v) is 3.24. The predicted molar refractivity (Wildman–Crippen MR) is 65.1 cm³/mol. The highest BCUT2D eigenvalue weighted by Gasteiger charge is 2.22. The largest absolute Gasteiger partial charge is 0.317 e. The van der Waals surface area contributed by atoms with Crippen LogP contribution < -0.4 is 5.32 Å². The summed E-state index contributed by atoms with van der Waals surface area (Å²) in [5, 5.41) is 8.04. The van der Waals surface area contributed by atoms with Gasteiger partial charge in [0.2, 0.25) is 0 Å². The maximum atomic E-state index is 4.65. The Kier molecular flexibility index (Phi) is 3.46. The van der Waals surface area contributed by atoms with Gasteiger partial charge in [-0.3, -0.25) is 4.68 Å². The van der Waals surface area contributed by atoms with Gasteiger partial charge in [0, 0.05) is 13.0 Å². The average Bonchev–Trinajstić information content (AvgIpc) is 2.55. The molecular formula is C11H18BrN3. The van der Waals surface area contributed by atoms with Gasteiger partial charge < -0.3 is 5.32 Å². The van der Waals surface area contributed by atoms with E-state index in [4.69, 9.17) is 0 Å². The molecule has 84 valence electrons. The van der Waals surface area contributed by atoms with Crippen molar-refractivity contribution in [1.29, 1.82) is 0 Å². The third kappa shape index (κ3) is 2.11. The van der Waals surface area contributed by atoms with E-state index < -0.39 is 0 Å². The topological polar surface area (TPSA) is 29.9 Å². The normalized spacial score (nSPS) is 18.3. The summed E-state index contributed by atoms with van der Waals surface area (Å²) in [5.41, 5.74) is 2.57. The molecule has 1 aliphatic heterocycles. The molecule has 0 radical (unpaired) electrons. The maximum Gasteiger partial charge on any atom is 0.0801 e. The summed E-state index contributed by atoms with van der Waals surface area (Å²) in [5.74, 6) is 0.632. The lowest BCUT2D eigenvalue weighted by molar-refractivity contribution is 0.449. The molecule has 0 saturated carbocycles. The third-order valence-corrected chi connectivity index (χ3v) is 4.05. The van der Waals surface area contributed by atoms with Crippen LogP contribution in [0.3, 0.4) is 0 Å². The Bertz CT molecular complexity index is 340. The van der Waals surface area contributed by atoms with E-state index in [2.05, 4.69) is 33.3 Å². The zero-order valence-corrected chi connectivity index (χ0v) is 11.0. The number of aryl methyl sites for hydroxylation is 1. The number of piperidine rings is 1. The van der Waals surface area contributed by atoms with E-state index in [-0.39, 0.29) is 0 Å². The first-order valence-electron chi connectivity index (χ1n) is 5.66. The monoisotopic (exact) mass is 271 g/mol. The van der Waals surface area contributed by atoms with E-state index in [0.717, 1.165) is 19.5 Å². The van der Waals surface area contributed by atoms with Crippen LogP contribution in [-0.2, 0) is 13.5 Å². The Labute approximate surface area is 99.4 Å². The minimum absolute atomic E-state index is 0.632. The van der Waals surface area contributed by atoms with Crippen LogP contribution in [0.2, 0.25) is 0 Å². The molecule has 1 N–H and O–H groups in total. The van der Waals surface area contributed by atoms with Crippen LogP contribution in [0.15, 0.2) is 4.47 Å². The van der Waals surface area contributed by atoms with Gasteiger partial charge in [-0.25, -0.2) is 0 Å². The highest BCUT2D eigenvalue weighted by Crippen LogP contribution is 2.32. The SMILES string of the molecule is CCc1c(Br)c(C2CCNCC2)nn1C. The molecule has 1 fully saturated rings. The minimum Gasteiger partial charge on any atom is -0.317 e. The van der Waals surface area contributed by atoms with E-state index in [1.807, 2.05) is 11.7 Å². The Hall–Kier alpha value is -0.350. The fourth-order valence-electron chi connectivity index (χ4n) is 2.30. The van der Waals surface area contributed by atoms with Gasteiger partial charge in [0.05, 0.1) is 15.9 Å². The van der Waals surface area contributed by atoms with Crippen molar-refractivity contribution in [1.82, 2.24) is 15.1 Å². The van der Waals surface area contributed by atoms with Crippen LogP contribution in [-0.4, -0.2) is 22.9 Å². The fraction of sp³-hybridized carbons (Fsp3) is 0.727. The van der Waals surface area contributed by atoms with Crippen molar-refractivity contribution in [3.8, 4) is 0 Å². The van der Waals surface area contributed by atoms with Crippen LogP contribution in [0, 0.1) is 0 Å². The van der Waals surface area contributed by atoms with Gasteiger partial charge in [0.1, 0.15) is 0 Å². The molecular weight excluding hydrogens is 254 g/mol. The second-order valence-corrected chi connectivity index (χ2v) is 4.94. The van der Waals surface area contributed by atoms with Crippen LogP contribution in [0.4, 0.5) is 0 Å². The van der Waals surface area contributed by atoms with Gasteiger partial charge in [-0.2, -0.15) is 5.10 Å². The molecule has 0 spiro atoms. The van der Waals surface area contributed by atoms with Crippen LogP contribution in [0.5, 0.6) is 0 Å². The number of hydrogen-bond donors (Lipinski definition) is 1. The lowest BCUT2D eigenvalue weighted by Gasteiger charge is -2.21. The molecule has 0 atom stereocenters. The maximum absolute atomic E-state index is 4.65. The first-order chi connectivity index (χ1) is 7.24. The quantitative estimate of drug-likeness (QED) is 0.894. The van der Waals surface area contributed by atoms with Gasteiger partial charge >= 0.3 is 0 Å².